The first-order valence-electron chi connectivity index (χ1n) is 4.24. The lowest BCUT2D eigenvalue weighted by Crippen LogP contribution is -2.50. The molecule has 1 rings (SSSR count). The molecular formula is C9H15NO2. The maximum absolute atomic E-state index is 11.0. The number of carboxylic acids is 1. The van der Waals surface area contributed by atoms with Crippen molar-refractivity contribution in [3.05, 3.63) is 12.2 Å². The summed E-state index contributed by atoms with van der Waals surface area (Å²) in [6.45, 7) is 5.21. The predicted molar refractivity (Wildman–Crippen MR) is 47.0 cm³/mol. The Hall–Kier alpha value is -0.830. The molecule has 1 aliphatic rings. The van der Waals surface area contributed by atoms with E-state index in [9.17, 15) is 4.79 Å². The van der Waals surface area contributed by atoms with Crippen molar-refractivity contribution < 1.29 is 9.90 Å². The Balaban J connectivity index is 2.72. The molecule has 0 spiro atoms. The number of rotatable bonds is 3. The third kappa shape index (κ3) is 1.37. The number of hydrogen-bond acceptors (Lipinski definition) is 2. The predicted octanol–water partition coefficient (Wildman–Crippen LogP) is 1.11. The van der Waals surface area contributed by atoms with Gasteiger partial charge in [-0.3, -0.25) is 9.69 Å². The van der Waals surface area contributed by atoms with Gasteiger partial charge in [-0.15, -0.1) is 0 Å². The topological polar surface area (TPSA) is 40.5 Å². The molecule has 0 aromatic heterocycles. The van der Waals surface area contributed by atoms with Gasteiger partial charge in [-0.1, -0.05) is 19.1 Å². The van der Waals surface area contributed by atoms with Crippen LogP contribution in [0, 0.1) is 0 Å². The van der Waals surface area contributed by atoms with E-state index in [0.717, 1.165) is 13.1 Å². The van der Waals surface area contributed by atoms with Crippen molar-refractivity contribution in [3.8, 4) is 0 Å². The lowest BCUT2D eigenvalue weighted by molar-refractivity contribution is -0.149. The largest absolute Gasteiger partial charge is 0.480 e. The van der Waals surface area contributed by atoms with Gasteiger partial charge in [-0.2, -0.15) is 0 Å². The molecular weight excluding hydrogens is 154 g/mol. The van der Waals surface area contributed by atoms with Gasteiger partial charge in [0.15, 0.2) is 0 Å². The first kappa shape index (κ1) is 9.26. The van der Waals surface area contributed by atoms with Gasteiger partial charge >= 0.3 is 5.97 Å². The van der Waals surface area contributed by atoms with Crippen LogP contribution in [0.25, 0.3) is 0 Å². The number of aliphatic carboxylic acids is 1. The highest BCUT2D eigenvalue weighted by Crippen LogP contribution is 2.21. The van der Waals surface area contributed by atoms with Gasteiger partial charge in [-0.05, 0) is 13.3 Å². The summed E-state index contributed by atoms with van der Waals surface area (Å²) < 4.78 is 0. The summed E-state index contributed by atoms with van der Waals surface area (Å²) in [5, 5.41) is 9.02. The summed E-state index contributed by atoms with van der Waals surface area (Å²) >= 11 is 0. The fraction of sp³-hybridized carbons (Fsp3) is 0.667. The lowest BCUT2D eigenvalue weighted by Gasteiger charge is -2.33. The van der Waals surface area contributed by atoms with Crippen LogP contribution in [0.1, 0.15) is 20.3 Å². The molecule has 0 aliphatic carbocycles. The monoisotopic (exact) mass is 169 g/mol. The fourth-order valence-corrected chi connectivity index (χ4v) is 1.39. The molecule has 1 aliphatic heterocycles. The summed E-state index contributed by atoms with van der Waals surface area (Å²) in [6.07, 6.45) is 4.66. The zero-order valence-electron chi connectivity index (χ0n) is 7.58. The zero-order valence-corrected chi connectivity index (χ0v) is 7.58. The van der Waals surface area contributed by atoms with E-state index in [1.54, 1.807) is 6.92 Å². The van der Waals surface area contributed by atoms with Gasteiger partial charge in [0.2, 0.25) is 0 Å². The first-order chi connectivity index (χ1) is 5.61. The van der Waals surface area contributed by atoms with E-state index in [1.807, 2.05) is 24.0 Å². The first-order valence-corrected chi connectivity index (χ1v) is 4.24. The maximum Gasteiger partial charge on any atom is 0.323 e. The van der Waals surface area contributed by atoms with Crippen molar-refractivity contribution in [2.24, 2.45) is 0 Å². The molecule has 0 aromatic rings. The summed E-state index contributed by atoms with van der Waals surface area (Å²) in [6, 6.07) is 0. The average molecular weight is 169 g/mol. The fourth-order valence-electron chi connectivity index (χ4n) is 1.39. The Bertz CT molecular complexity index is 205. The Morgan fingerprint density at radius 1 is 1.58 bits per heavy atom. The van der Waals surface area contributed by atoms with E-state index in [-0.39, 0.29) is 0 Å². The standard InChI is InChI=1S/C9H15NO2/c1-3-9(2,8(11)12)10-6-4-5-7-10/h4-5H,3,6-7H2,1-2H3,(H,11,12). The molecule has 0 bridgehead atoms. The highest BCUT2D eigenvalue weighted by Gasteiger charge is 2.37. The quantitative estimate of drug-likeness (QED) is 0.643. The van der Waals surface area contributed by atoms with E-state index in [2.05, 4.69) is 0 Å². The minimum Gasteiger partial charge on any atom is -0.480 e. The molecule has 0 radical (unpaired) electrons. The van der Waals surface area contributed by atoms with Gasteiger partial charge in [-0.25, -0.2) is 0 Å². The van der Waals surface area contributed by atoms with Gasteiger partial charge < -0.3 is 5.11 Å². The highest BCUT2D eigenvalue weighted by molar-refractivity contribution is 5.78. The molecule has 0 saturated carbocycles. The van der Waals surface area contributed by atoms with Gasteiger partial charge in [0.05, 0.1) is 0 Å². The van der Waals surface area contributed by atoms with E-state index in [1.165, 1.54) is 0 Å². The molecule has 0 aromatic carbocycles. The second kappa shape index (κ2) is 3.27. The van der Waals surface area contributed by atoms with Crippen LogP contribution in [0.15, 0.2) is 12.2 Å². The summed E-state index contributed by atoms with van der Waals surface area (Å²) in [4.78, 5) is 12.9. The Morgan fingerprint density at radius 2 is 2.08 bits per heavy atom. The summed E-state index contributed by atoms with van der Waals surface area (Å²) in [5.41, 5.74) is -0.691. The molecule has 0 amide bonds. The van der Waals surface area contributed by atoms with Crippen LogP contribution in [0.2, 0.25) is 0 Å². The molecule has 1 N–H and O–H groups in total. The zero-order chi connectivity index (χ0) is 9.19. The third-order valence-corrected chi connectivity index (χ3v) is 2.67. The van der Waals surface area contributed by atoms with Crippen LogP contribution in [-0.4, -0.2) is 34.6 Å². The molecule has 68 valence electrons. The SMILES string of the molecule is CCC(C)(C(=O)O)N1CC=CC1. The Kier molecular flexibility index (Phi) is 2.52. The van der Waals surface area contributed by atoms with Crippen LogP contribution >= 0.6 is 0 Å². The van der Waals surface area contributed by atoms with Crippen LogP contribution in [0.4, 0.5) is 0 Å². The second-order valence-electron chi connectivity index (χ2n) is 3.31. The third-order valence-electron chi connectivity index (χ3n) is 2.67. The van der Waals surface area contributed by atoms with Crippen LogP contribution in [0.3, 0.4) is 0 Å². The molecule has 0 saturated heterocycles. The molecule has 1 atom stereocenters. The van der Waals surface area contributed by atoms with Crippen molar-refractivity contribution in [3.63, 3.8) is 0 Å². The van der Waals surface area contributed by atoms with Crippen molar-refractivity contribution in [1.82, 2.24) is 4.90 Å². The van der Waals surface area contributed by atoms with Crippen molar-refractivity contribution in [2.75, 3.05) is 13.1 Å². The van der Waals surface area contributed by atoms with E-state index < -0.39 is 11.5 Å². The minimum atomic E-state index is -0.728. The van der Waals surface area contributed by atoms with Crippen LogP contribution in [0.5, 0.6) is 0 Å². The normalized spacial score (nSPS) is 22.5. The summed E-state index contributed by atoms with van der Waals surface area (Å²) in [7, 11) is 0. The molecule has 3 heteroatoms. The van der Waals surface area contributed by atoms with Crippen LogP contribution in [-0.2, 0) is 4.79 Å². The minimum absolute atomic E-state index is 0.643. The van der Waals surface area contributed by atoms with Crippen molar-refractivity contribution >= 4 is 5.97 Å². The lowest BCUT2D eigenvalue weighted by atomic mass is 9.97. The van der Waals surface area contributed by atoms with Gasteiger partial charge in [0.25, 0.3) is 0 Å². The smallest absolute Gasteiger partial charge is 0.323 e. The van der Waals surface area contributed by atoms with E-state index >= 15 is 0 Å². The van der Waals surface area contributed by atoms with E-state index in [0.29, 0.717) is 6.42 Å². The molecule has 3 nitrogen and oxygen atoms in total. The number of carboxylic acid groups (broad SMARTS) is 1. The van der Waals surface area contributed by atoms with Gasteiger partial charge in [0, 0.05) is 13.1 Å². The highest BCUT2D eigenvalue weighted by atomic mass is 16.4. The molecule has 0 fully saturated rings. The number of hydrogen-bond donors (Lipinski definition) is 1. The Morgan fingerprint density at radius 3 is 2.42 bits per heavy atom. The molecule has 1 unspecified atom stereocenters. The van der Waals surface area contributed by atoms with E-state index in [4.69, 9.17) is 5.11 Å². The van der Waals surface area contributed by atoms with Crippen molar-refractivity contribution in [1.29, 1.82) is 0 Å². The molecule has 1 heterocycles. The molecule has 12 heavy (non-hydrogen) atoms. The summed E-state index contributed by atoms with van der Waals surface area (Å²) in [5.74, 6) is -0.728. The number of carbonyl (C=O) groups is 1. The second-order valence-corrected chi connectivity index (χ2v) is 3.31. The van der Waals surface area contributed by atoms with Crippen molar-refractivity contribution in [2.45, 2.75) is 25.8 Å². The number of nitrogens with zero attached hydrogens (tertiary/aromatic N) is 1. The maximum atomic E-state index is 11.0. The average Bonchev–Trinajstić information content (AvgIpc) is 2.54. The van der Waals surface area contributed by atoms with Crippen LogP contribution < -0.4 is 0 Å². The van der Waals surface area contributed by atoms with Gasteiger partial charge in [0.1, 0.15) is 5.54 Å². The Labute approximate surface area is 72.7 Å².